The minimum absolute atomic E-state index is 0.367. The van der Waals surface area contributed by atoms with Crippen molar-refractivity contribution in [1.29, 1.82) is 0 Å². The van der Waals surface area contributed by atoms with Crippen LogP contribution in [0.1, 0.15) is 27.7 Å². The molecule has 0 saturated carbocycles. The fourth-order valence-corrected chi connectivity index (χ4v) is 1.93. The average molecular weight is 284 g/mol. The van der Waals surface area contributed by atoms with Gasteiger partial charge in [-0.05, 0) is 33.8 Å². The molecule has 1 saturated heterocycles. The summed E-state index contributed by atoms with van der Waals surface area (Å²) in [6.45, 7) is 7.12. The van der Waals surface area contributed by atoms with E-state index in [2.05, 4.69) is 0 Å². The Morgan fingerprint density at radius 2 is 1.65 bits per heavy atom. The number of hydrogen-bond donors (Lipinski definition) is 0. The Kier molecular flexibility index (Phi) is 4.07. The summed E-state index contributed by atoms with van der Waals surface area (Å²) in [6, 6.07) is 6.94. The van der Waals surface area contributed by atoms with E-state index < -0.39 is 31.4 Å². The van der Waals surface area contributed by atoms with Gasteiger partial charge in [0.1, 0.15) is 12.4 Å². The Hall–Kier alpha value is -1.14. The average Bonchev–Trinajstić information content (AvgIpc) is 2.56. The number of rotatable bonds is 4. The third-order valence-electron chi connectivity index (χ3n) is 3.79. The van der Waals surface area contributed by atoms with Crippen molar-refractivity contribution < 1.29 is 22.8 Å². The van der Waals surface area contributed by atoms with Gasteiger partial charge in [-0.2, -0.15) is 0 Å². The molecule has 0 N–H and O–H groups in total. The molecule has 0 aliphatic carbocycles. The quantitative estimate of drug-likeness (QED) is 0.795. The monoisotopic (exact) mass is 284 g/mol. The lowest BCUT2D eigenvalue weighted by atomic mass is 9.78. The molecule has 0 unspecified atom stereocenters. The van der Waals surface area contributed by atoms with Crippen LogP contribution in [0.4, 0.5) is 8.78 Å². The van der Waals surface area contributed by atoms with Crippen molar-refractivity contribution in [1.82, 2.24) is 0 Å². The lowest BCUT2D eigenvalue weighted by molar-refractivity contribution is 0.00578. The molecule has 0 amide bonds. The molecule has 1 aromatic carbocycles. The number of ether oxygens (including phenoxy) is 1. The third-order valence-corrected chi connectivity index (χ3v) is 3.79. The SMILES string of the molecule is CC1(C)OB(c2ccccc2OCC(F)F)OC1(C)C. The summed E-state index contributed by atoms with van der Waals surface area (Å²) in [5.41, 5.74) is -0.326. The highest BCUT2D eigenvalue weighted by molar-refractivity contribution is 6.63. The Morgan fingerprint density at radius 1 is 1.10 bits per heavy atom. The van der Waals surface area contributed by atoms with Gasteiger partial charge in [0, 0.05) is 5.46 Å². The van der Waals surface area contributed by atoms with E-state index in [1.807, 2.05) is 27.7 Å². The van der Waals surface area contributed by atoms with Gasteiger partial charge in [-0.3, -0.25) is 0 Å². The molecule has 0 aromatic heterocycles. The van der Waals surface area contributed by atoms with Crippen LogP contribution >= 0.6 is 0 Å². The molecule has 2 rings (SSSR count). The van der Waals surface area contributed by atoms with Crippen LogP contribution in [0.5, 0.6) is 5.75 Å². The van der Waals surface area contributed by atoms with E-state index in [0.29, 0.717) is 11.2 Å². The summed E-state index contributed by atoms with van der Waals surface area (Å²) in [5, 5.41) is 0. The van der Waals surface area contributed by atoms with Gasteiger partial charge in [0.25, 0.3) is 6.43 Å². The van der Waals surface area contributed by atoms with Gasteiger partial charge >= 0.3 is 7.12 Å². The molecule has 0 radical (unpaired) electrons. The second-order valence-electron chi connectivity index (χ2n) is 5.83. The first-order valence-electron chi connectivity index (χ1n) is 6.58. The first kappa shape index (κ1) is 15.3. The maximum atomic E-state index is 12.3. The minimum atomic E-state index is -2.51. The standard InChI is InChI=1S/C14H19BF2O3/c1-13(2)14(3,4)20-15(19-13)10-7-5-6-8-11(10)18-9-12(16)17/h5-8,12H,9H2,1-4H3. The lowest BCUT2D eigenvalue weighted by Gasteiger charge is -2.32. The zero-order chi connectivity index (χ0) is 15.0. The van der Waals surface area contributed by atoms with Crippen LogP contribution in [0.2, 0.25) is 0 Å². The molecule has 110 valence electrons. The molecule has 1 fully saturated rings. The first-order chi connectivity index (χ1) is 9.23. The molecular formula is C14H19BF2O3. The van der Waals surface area contributed by atoms with Crippen molar-refractivity contribution >= 4 is 12.6 Å². The van der Waals surface area contributed by atoms with Crippen LogP contribution in [0.3, 0.4) is 0 Å². The number of alkyl halides is 2. The van der Waals surface area contributed by atoms with Crippen molar-refractivity contribution in [3.05, 3.63) is 24.3 Å². The van der Waals surface area contributed by atoms with Crippen LogP contribution in [0.25, 0.3) is 0 Å². The summed E-state index contributed by atoms with van der Waals surface area (Å²) >= 11 is 0. The van der Waals surface area contributed by atoms with Crippen molar-refractivity contribution in [2.24, 2.45) is 0 Å². The van der Waals surface area contributed by atoms with Crippen LogP contribution < -0.4 is 10.2 Å². The zero-order valence-electron chi connectivity index (χ0n) is 12.2. The molecule has 20 heavy (non-hydrogen) atoms. The smallest absolute Gasteiger partial charge is 0.488 e. The molecule has 1 aromatic rings. The summed E-state index contributed by atoms with van der Waals surface area (Å²) < 4.78 is 41.5. The zero-order valence-corrected chi connectivity index (χ0v) is 12.2. The van der Waals surface area contributed by atoms with E-state index in [-0.39, 0.29) is 0 Å². The Labute approximate surface area is 118 Å². The van der Waals surface area contributed by atoms with Crippen LogP contribution in [0.15, 0.2) is 24.3 Å². The fourth-order valence-electron chi connectivity index (χ4n) is 1.93. The largest absolute Gasteiger partial charge is 0.498 e. The Bertz CT molecular complexity index is 461. The van der Waals surface area contributed by atoms with Crippen molar-refractivity contribution in [3.63, 3.8) is 0 Å². The second-order valence-corrected chi connectivity index (χ2v) is 5.83. The predicted molar refractivity (Wildman–Crippen MR) is 73.7 cm³/mol. The molecule has 0 spiro atoms. The van der Waals surface area contributed by atoms with Gasteiger partial charge in [0.2, 0.25) is 0 Å². The van der Waals surface area contributed by atoms with E-state index >= 15 is 0 Å². The van der Waals surface area contributed by atoms with Gasteiger partial charge in [0.15, 0.2) is 0 Å². The van der Waals surface area contributed by atoms with Gasteiger partial charge in [-0.25, -0.2) is 8.78 Å². The summed E-state index contributed by atoms with van der Waals surface area (Å²) in [7, 11) is -0.617. The van der Waals surface area contributed by atoms with Gasteiger partial charge in [-0.1, -0.05) is 18.2 Å². The van der Waals surface area contributed by atoms with Gasteiger partial charge in [0.05, 0.1) is 11.2 Å². The second kappa shape index (κ2) is 5.33. The van der Waals surface area contributed by atoms with Crippen molar-refractivity contribution in [2.45, 2.75) is 45.3 Å². The number of benzene rings is 1. The van der Waals surface area contributed by atoms with E-state index in [1.54, 1.807) is 24.3 Å². The number of hydrogen-bond acceptors (Lipinski definition) is 3. The molecule has 3 nitrogen and oxygen atoms in total. The minimum Gasteiger partial charge on any atom is -0.488 e. The Balaban J connectivity index is 2.22. The molecule has 1 aliphatic rings. The molecule has 0 atom stereocenters. The normalized spacial score (nSPS) is 20.4. The molecular weight excluding hydrogens is 265 g/mol. The molecule has 0 bridgehead atoms. The summed E-state index contributed by atoms with van der Waals surface area (Å²) in [5.74, 6) is 0.367. The van der Waals surface area contributed by atoms with E-state index in [1.165, 1.54) is 0 Å². The first-order valence-corrected chi connectivity index (χ1v) is 6.58. The number of para-hydroxylation sites is 1. The highest BCUT2D eigenvalue weighted by atomic mass is 19.3. The summed E-state index contributed by atoms with van der Waals surface area (Å²) in [6.07, 6.45) is -2.51. The van der Waals surface area contributed by atoms with Crippen LogP contribution in [0, 0.1) is 0 Å². The van der Waals surface area contributed by atoms with Crippen molar-refractivity contribution in [2.75, 3.05) is 6.61 Å². The maximum Gasteiger partial charge on any atom is 0.498 e. The van der Waals surface area contributed by atoms with E-state index in [4.69, 9.17) is 14.0 Å². The number of halogens is 2. The fraction of sp³-hybridized carbons (Fsp3) is 0.571. The topological polar surface area (TPSA) is 27.7 Å². The van der Waals surface area contributed by atoms with Crippen molar-refractivity contribution in [3.8, 4) is 5.75 Å². The van der Waals surface area contributed by atoms with E-state index in [0.717, 1.165) is 0 Å². The summed E-state index contributed by atoms with van der Waals surface area (Å²) in [4.78, 5) is 0. The third kappa shape index (κ3) is 2.96. The van der Waals surface area contributed by atoms with Crippen LogP contribution in [-0.4, -0.2) is 31.4 Å². The molecule has 1 aliphatic heterocycles. The highest BCUT2D eigenvalue weighted by Crippen LogP contribution is 2.37. The Morgan fingerprint density at radius 3 is 2.20 bits per heavy atom. The highest BCUT2D eigenvalue weighted by Gasteiger charge is 2.52. The van der Waals surface area contributed by atoms with Crippen LogP contribution in [-0.2, 0) is 9.31 Å². The molecule has 6 heteroatoms. The maximum absolute atomic E-state index is 12.3. The lowest BCUT2D eigenvalue weighted by Crippen LogP contribution is -2.41. The predicted octanol–water partition coefficient (Wildman–Crippen LogP) is 2.63. The van der Waals surface area contributed by atoms with Gasteiger partial charge < -0.3 is 14.0 Å². The van der Waals surface area contributed by atoms with E-state index in [9.17, 15) is 8.78 Å². The molecule has 1 heterocycles. The van der Waals surface area contributed by atoms with Gasteiger partial charge in [-0.15, -0.1) is 0 Å².